The van der Waals surface area contributed by atoms with Gasteiger partial charge >= 0.3 is 5.97 Å². The number of ether oxygens (including phenoxy) is 1. The van der Waals surface area contributed by atoms with Crippen LogP contribution in [0, 0.1) is 17.8 Å². The van der Waals surface area contributed by atoms with Crippen molar-refractivity contribution in [2.24, 2.45) is 17.8 Å². The maximum Gasteiger partial charge on any atom is 0.311 e. The molecule has 2 aromatic rings. The SMILES string of the molecule is CC[C@@H]1CN2CCc3c([nH]c4ccccc34)[C@H]2C[C@H]1C(CO)C(=O)OC. The number of benzene rings is 1. The van der Waals surface area contributed by atoms with Crippen LogP contribution in [0.25, 0.3) is 10.9 Å². The number of carbonyl (C=O) groups excluding carboxylic acids is 1. The first-order chi connectivity index (χ1) is 12.7. The summed E-state index contributed by atoms with van der Waals surface area (Å²) >= 11 is 0. The van der Waals surface area contributed by atoms with Crippen LogP contribution in [0.15, 0.2) is 24.3 Å². The topological polar surface area (TPSA) is 65.6 Å². The zero-order valence-electron chi connectivity index (χ0n) is 15.6. The number of rotatable bonds is 4. The number of methoxy groups -OCH3 is 1. The smallest absolute Gasteiger partial charge is 0.311 e. The van der Waals surface area contributed by atoms with Crippen molar-refractivity contribution in [1.82, 2.24) is 9.88 Å². The van der Waals surface area contributed by atoms with E-state index in [1.807, 2.05) is 0 Å². The largest absolute Gasteiger partial charge is 0.469 e. The molecule has 5 nitrogen and oxygen atoms in total. The van der Waals surface area contributed by atoms with Gasteiger partial charge in [0, 0.05) is 29.7 Å². The van der Waals surface area contributed by atoms with Crippen LogP contribution in [0.2, 0.25) is 0 Å². The van der Waals surface area contributed by atoms with Crippen molar-refractivity contribution < 1.29 is 14.6 Å². The van der Waals surface area contributed by atoms with E-state index in [0.717, 1.165) is 32.4 Å². The highest BCUT2D eigenvalue weighted by Crippen LogP contribution is 2.45. The summed E-state index contributed by atoms with van der Waals surface area (Å²) in [5.74, 6) is -0.150. The molecule has 140 valence electrons. The van der Waals surface area contributed by atoms with Gasteiger partial charge in [-0.1, -0.05) is 31.5 Å². The summed E-state index contributed by atoms with van der Waals surface area (Å²) in [5, 5.41) is 11.2. The lowest BCUT2D eigenvalue weighted by atomic mass is 9.71. The Morgan fingerprint density at radius 2 is 2.23 bits per heavy atom. The maximum atomic E-state index is 12.2. The van der Waals surface area contributed by atoms with E-state index in [2.05, 4.69) is 41.1 Å². The fourth-order valence-corrected chi connectivity index (χ4v) is 5.20. The molecule has 2 aliphatic heterocycles. The van der Waals surface area contributed by atoms with Gasteiger partial charge in [-0.25, -0.2) is 0 Å². The van der Waals surface area contributed by atoms with Gasteiger partial charge in [-0.2, -0.15) is 0 Å². The van der Waals surface area contributed by atoms with Crippen LogP contribution in [0.5, 0.6) is 0 Å². The number of nitrogens with zero attached hydrogens (tertiary/aromatic N) is 1. The second-order valence-electron chi connectivity index (χ2n) is 7.70. The first-order valence-electron chi connectivity index (χ1n) is 9.70. The van der Waals surface area contributed by atoms with Crippen molar-refractivity contribution in [3.8, 4) is 0 Å². The van der Waals surface area contributed by atoms with E-state index in [4.69, 9.17) is 4.74 Å². The number of fused-ring (bicyclic) bond motifs is 5. The average Bonchev–Trinajstić information content (AvgIpc) is 3.07. The molecule has 3 heterocycles. The number of para-hydroxylation sites is 1. The molecule has 0 aliphatic carbocycles. The Labute approximate surface area is 154 Å². The minimum absolute atomic E-state index is 0.139. The molecule has 2 N–H and O–H groups in total. The second kappa shape index (κ2) is 7.05. The van der Waals surface area contributed by atoms with Crippen LogP contribution in [-0.2, 0) is 16.0 Å². The van der Waals surface area contributed by atoms with Crippen LogP contribution in [0.1, 0.15) is 37.1 Å². The van der Waals surface area contributed by atoms with E-state index >= 15 is 0 Å². The lowest BCUT2D eigenvalue weighted by Crippen LogP contribution is -2.49. The molecule has 0 spiro atoms. The number of carbonyl (C=O) groups is 1. The zero-order valence-corrected chi connectivity index (χ0v) is 15.6. The number of aliphatic hydroxyl groups is 1. The minimum Gasteiger partial charge on any atom is -0.469 e. The predicted octanol–water partition coefficient (Wildman–Crippen LogP) is 2.89. The highest BCUT2D eigenvalue weighted by Gasteiger charge is 2.44. The molecule has 1 unspecified atom stereocenters. The average molecular weight is 356 g/mol. The molecular weight excluding hydrogens is 328 g/mol. The molecule has 0 amide bonds. The van der Waals surface area contributed by atoms with Crippen molar-refractivity contribution in [3.63, 3.8) is 0 Å². The molecule has 4 rings (SSSR count). The molecule has 0 radical (unpaired) electrons. The summed E-state index contributed by atoms with van der Waals surface area (Å²) in [6, 6.07) is 8.78. The molecule has 1 aromatic heterocycles. The summed E-state index contributed by atoms with van der Waals surface area (Å²) < 4.78 is 4.98. The number of hydrogen-bond acceptors (Lipinski definition) is 4. The molecule has 1 fully saturated rings. The van der Waals surface area contributed by atoms with Gasteiger partial charge < -0.3 is 14.8 Å². The quantitative estimate of drug-likeness (QED) is 0.827. The fraction of sp³-hybridized carbons (Fsp3) is 0.571. The standard InChI is InChI=1S/C21H28N2O3/c1-3-13-11-23-9-8-15-14-6-4-5-7-18(14)22-20(15)19(23)10-16(13)17(12-24)21(25)26-2/h4-7,13,16-17,19,22,24H,3,8-12H2,1-2H3/t13-,16-,17?,19-/m1/s1. The summed E-state index contributed by atoms with van der Waals surface area (Å²) in [5.41, 5.74) is 3.92. The summed E-state index contributed by atoms with van der Waals surface area (Å²) in [7, 11) is 1.41. The monoisotopic (exact) mass is 356 g/mol. The van der Waals surface area contributed by atoms with Crippen molar-refractivity contribution >= 4 is 16.9 Å². The van der Waals surface area contributed by atoms with Gasteiger partial charge in [-0.3, -0.25) is 9.69 Å². The van der Waals surface area contributed by atoms with Crippen molar-refractivity contribution in [2.75, 3.05) is 26.8 Å². The molecule has 0 saturated carbocycles. The predicted molar refractivity (Wildman–Crippen MR) is 101 cm³/mol. The Kier molecular flexibility index (Phi) is 4.76. The Hall–Kier alpha value is -1.85. The molecule has 0 bridgehead atoms. The third-order valence-electron chi connectivity index (χ3n) is 6.58. The first-order valence-corrected chi connectivity index (χ1v) is 9.70. The van der Waals surface area contributed by atoms with E-state index in [-0.39, 0.29) is 24.5 Å². The number of nitrogens with one attached hydrogen (secondary N) is 1. The maximum absolute atomic E-state index is 12.2. The van der Waals surface area contributed by atoms with Crippen LogP contribution in [-0.4, -0.2) is 47.8 Å². The van der Waals surface area contributed by atoms with Gasteiger partial charge in [0.25, 0.3) is 0 Å². The summed E-state index contributed by atoms with van der Waals surface area (Å²) in [4.78, 5) is 18.5. The number of esters is 1. The van der Waals surface area contributed by atoms with Crippen LogP contribution < -0.4 is 0 Å². The molecule has 5 heteroatoms. The van der Waals surface area contributed by atoms with Crippen LogP contribution >= 0.6 is 0 Å². The van der Waals surface area contributed by atoms with Gasteiger partial charge in [0.05, 0.1) is 25.7 Å². The van der Waals surface area contributed by atoms with Gasteiger partial charge in [0.2, 0.25) is 0 Å². The highest BCUT2D eigenvalue weighted by atomic mass is 16.5. The van der Waals surface area contributed by atoms with E-state index in [0.29, 0.717) is 5.92 Å². The number of aliphatic hydroxyl groups excluding tert-OH is 1. The Morgan fingerprint density at radius 3 is 2.96 bits per heavy atom. The first kappa shape index (κ1) is 17.6. The minimum atomic E-state index is -0.429. The van der Waals surface area contributed by atoms with E-state index in [1.54, 1.807) is 0 Å². The van der Waals surface area contributed by atoms with E-state index in [1.165, 1.54) is 29.3 Å². The van der Waals surface area contributed by atoms with Gasteiger partial charge in [0.1, 0.15) is 0 Å². The van der Waals surface area contributed by atoms with Crippen LogP contribution in [0.3, 0.4) is 0 Å². The molecule has 1 aromatic carbocycles. The third kappa shape index (κ3) is 2.74. The Morgan fingerprint density at radius 1 is 1.42 bits per heavy atom. The zero-order chi connectivity index (χ0) is 18.3. The Balaban J connectivity index is 1.70. The van der Waals surface area contributed by atoms with Crippen molar-refractivity contribution in [2.45, 2.75) is 32.2 Å². The highest BCUT2D eigenvalue weighted by molar-refractivity contribution is 5.85. The van der Waals surface area contributed by atoms with Crippen LogP contribution in [0.4, 0.5) is 0 Å². The normalized spacial score (nSPS) is 27.0. The molecule has 2 aliphatic rings. The van der Waals surface area contributed by atoms with Crippen molar-refractivity contribution in [3.05, 3.63) is 35.5 Å². The van der Waals surface area contributed by atoms with Gasteiger partial charge in [-0.15, -0.1) is 0 Å². The number of H-pyrrole nitrogens is 1. The fourth-order valence-electron chi connectivity index (χ4n) is 5.20. The number of aromatic nitrogens is 1. The third-order valence-corrected chi connectivity index (χ3v) is 6.58. The van der Waals surface area contributed by atoms with Gasteiger partial charge in [0.15, 0.2) is 0 Å². The lowest BCUT2D eigenvalue weighted by molar-refractivity contribution is -0.152. The number of aromatic amines is 1. The summed E-state index contributed by atoms with van der Waals surface area (Å²) in [6.07, 6.45) is 2.97. The molecule has 4 atom stereocenters. The molecular formula is C21H28N2O3. The molecule has 26 heavy (non-hydrogen) atoms. The number of hydrogen-bond donors (Lipinski definition) is 2. The number of piperidine rings is 1. The lowest BCUT2D eigenvalue weighted by Gasteiger charge is -2.47. The molecule has 1 saturated heterocycles. The van der Waals surface area contributed by atoms with Gasteiger partial charge in [-0.05, 0) is 36.3 Å². The Bertz CT molecular complexity index is 800. The second-order valence-corrected chi connectivity index (χ2v) is 7.70. The van der Waals surface area contributed by atoms with Crippen molar-refractivity contribution in [1.29, 1.82) is 0 Å². The van der Waals surface area contributed by atoms with E-state index < -0.39 is 5.92 Å². The summed E-state index contributed by atoms with van der Waals surface area (Å²) in [6.45, 7) is 4.08. The van der Waals surface area contributed by atoms with E-state index in [9.17, 15) is 9.90 Å².